The van der Waals surface area contributed by atoms with Crippen LogP contribution < -0.4 is 0 Å². The summed E-state index contributed by atoms with van der Waals surface area (Å²) in [6.45, 7) is 8.26. The zero-order valence-corrected chi connectivity index (χ0v) is 14.6. The van der Waals surface area contributed by atoms with Crippen molar-refractivity contribution >= 4 is 13.2 Å². The summed E-state index contributed by atoms with van der Waals surface area (Å²) in [6, 6.07) is 3.62. The largest absolute Gasteiger partial charge is 0.459 e. The van der Waals surface area contributed by atoms with Crippen LogP contribution in [0.3, 0.4) is 0 Å². The predicted molar refractivity (Wildman–Crippen MR) is 97.3 cm³/mol. The third-order valence-corrected chi connectivity index (χ3v) is 4.20. The first-order chi connectivity index (χ1) is 11.5. The van der Waals surface area contributed by atoms with E-state index in [0.717, 1.165) is 48.2 Å². The van der Waals surface area contributed by atoms with Crippen LogP contribution in [0.15, 0.2) is 45.9 Å². The monoisotopic (exact) mass is 330 g/mol. The van der Waals surface area contributed by atoms with E-state index < -0.39 is 7.12 Å². The van der Waals surface area contributed by atoms with Crippen LogP contribution in [0.2, 0.25) is 6.32 Å². The third-order valence-electron chi connectivity index (χ3n) is 4.20. The molecule has 1 atom stereocenters. The maximum Gasteiger partial charge on any atom is 0.458 e. The molecule has 0 saturated heterocycles. The summed E-state index contributed by atoms with van der Waals surface area (Å²) in [4.78, 5) is 0. The number of aliphatic hydroxyl groups excluding tert-OH is 1. The van der Waals surface area contributed by atoms with Gasteiger partial charge in [0.2, 0.25) is 0 Å². The minimum absolute atomic E-state index is 0.0889. The summed E-state index contributed by atoms with van der Waals surface area (Å²) in [7, 11) is -0.727. The molecule has 1 aromatic heterocycles. The summed E-state index contributed by atoms with van der Waals surface area (Å²) < 4.78 is 11.2. The Labute approximate surface area is 144 Å². The zero-order chi connectivity index (χ0) is 17.5. The molecule has 1 aromatic rings. The van der Waals surface area contributed by atoms with E-state index in [1.165, 1.54) is 0 Å². The standard InChI is InChI=1S/C19H27BO4/c1-4-5-15(3)18-10-11-20(22)24-19(18)9-6-14(2)12-16-7-8-17(13-21)23-16/h7-8,10,12,19,21-22H,3-6,9,11,13H2,1-2H3/b14-12+. The van der Waals surface area contributed by atoms with Gasteiger partial charge in [0.05, 0.1) is 6.10 Å². The minimum Gasteiger partial charge on any atom is -0.459 e. The van der Waals surface area contributed by atoms with Gasteiger partial charge < -0.3 is 19.2 Å². The van der Waals surface area contributed by atoms with Crippen molar-refractivity contribution in [3.05, 3.63) is 53.0 Å². The Morgan fingerprint density at radius 1 is 1.42 bits per heavy atom. The Morgan fingerprint density at radius 2 is 2.21 bits per heavy atom. The summed E-state index contributed by atoms with van der Waals surface area (Å²) in [5.41, 5.74) is 3.41. The second kappa shape index (κ2) is 9.07. The lowest BCUT2D eigenvalue weighted by Gasteiger charge is -2.28. The highest BCUT2D eigenvalue weighted by Gasteiger charge is 2.27. The molecule has 1 aliphatic rings. The van der Waals surface area contributed by atoms with E-state index in [-0.39, 0.29) is 12.7 Å². The van der Waals surface area contributed by atoms with E-state index in [2.05, 4.69) is 19.6 Å². The highest BCUT2D eigenvalue weighted by atomic mass is 16.5. The van der Waals surface area contributed by atoms with Gasteiger partial charge in [-0.25, -0.2) is 0 Å². The van der Waals surface area contributed by atoms with Gasteiger partial charge in [0.15, 0.2) is 0 Å². The summed E-state index contributed by atoms with van der Waals surface area (Å²) in [6.07, 6.45) is 8.09. The van der Waals surface area contributed by atoms with Gasteiger partial charge in [0.1, 0.15) is 18.1 Å². The van der Waals surface area contributed by atoms with Crippen LogP contribution >= 0.6 is 0 Å². The molecule has 2 heterocycles. The topological polar surface area (TPSA) is 62.8 Å². The smallest absolute Gasteiger partial charge is 0.458 e. The average molecular weight is 330 g/mol. The summed E-state index contributed by atoms with van der Waals surface area (Å²) >= 11 is 0. The lowest BCUT2D eigenvalue weighted by molar-refractivity contribution is 0.183. The molecule has 130 valence electrons. The molecule has 1 unspecified atom stereocenters. The van der Waals surface area contributed by atoms with Gasteiger partial charge >= 0.3 is 7.12 Å². The van der Waals surface area contributed by atoms with Crippen LogP contribution in [-0.2, 0) is 11.3 Å². The molecular weight excluding hydrogens is 303 g/mol. The Kier molecular flexibility index (Phi) is 7.09. The predicted octanol–water partition coefficient (Wildman–Crippen LogP) is 4.12. The van der Waals surface area contributed by atoms with E-state index in [4.69, 9.17) is 14.2 Å². The molecule has 0 spiro atoms. The molecule has 2 rings (SSSR count). The van der Waals surface area contributed by atoms with Gasteiger partial charge in [-0.3, -0.25) is 0 Å². The molecule has 1 aliphatic heterocycles. The number of hydrogen-bond donors (Lipinski definition) is 2. The lowest BCUT2D eigenvalue weighted by Crippen LogP contribution is -2.31. The maximum absolute atomic E-state index is 9.79. The molecule has 24 heavy (non-hydrogen) atoms. The normalized spacial score (nSPS) is 18.7. The first-order valence-electron chi connectivity index (χ1n) is 8.62. The van der Waals surface area contributed by atoms with Crippen LogP contribution in [0, 0.1) is 0 Å². The van der Waals surface area contributed by atoms with E-state index in [1.54, 1.807) is 6.07 Å². The van der Waals surface area contributed by atoms with Crippen molar-refractivity contribution in [2.75, 3.05) is 0 Å². The fourth-order valence-corrected chi connectivity index (χ4v) is 2.95. The summed E-state index contributed by atoms with van der Waals surface area (Å²) in [5.74, 6) is 1.31. The van der Waals surface area contributed by atoms with Crippen molar-refractivity contribution in [3.63, 3.8) is 0 Å². The summed E-state index contributed by atoms with van der Waals surface area (Å²) in [5, 5.41) is 18.8. The van der Waals surface area contributed by atoms with Crippen LogP contribution in [0.25, 0.3) is 6.08 Å². The second-order valence-corrected chi connectivity index (χ2v) is 6.32. The van der Waals surface area contributed by atoms with Gasteiger partial charge in [0, 0.05) is 6.32 Å². The molecule has 0 saturated carbocycles. The molecule has 4 nitrogen and oxygen atoms in total. The van der Waals surface area contributed by atoms with E-state index in [9.17, 15) is 5.02 Å². The molecule has 0 amide bonds. The molecule has 2 N–H and O–H groups in total. The molecule has 0 aromatic carbocycles. The highest BCUT2D eigenvalue weighted by molar-refractivity contribution is 6.43. The van der Waals surface area contributed by atoms with Crippen molar-refractivity contribution in [3.8, 4) is 0 Å². The zero-order valence-electron chi connectivity index (χ0n) is 14.6. The van der Waals surface area contributed by atoms with Gasteiger partial charge in [0.25, 0.3) is 0 Å². The molecule has 0 radical (unpaired) electrons. The minimum atomic E-state index is -0.727. The van der Waals surface area contributed by atoms with Crippen molar-refractivity contribution in [2.45, 2.75) is 58.6 Å². The Balaban J connectivity index is 1.98. The van der Waals surface area contributed by atoms with E-state index in [1.807, 2.05) is 19.1 Å². The van der Waals surface area contributed by atoms with Crippen molar-refractivity contribution in [1.29, 1.82) is 0 Å². The van der Waals surface area contributed by atoms with E-state index in [0.29, 0.717) is 12.1 Å². The quantitative estimate of drug-likeness (QED) is 0.704. The third kappa shape index (κ3) is 5.23. The molecule has 0 fully saturated rings. The second-order valence-electron chi connectivity index (χ2n) is 6.32. The number of furan rings is 1. The first-order valence-corrected chi connectivity index (χ1v) is 8.62. The first kappa shape index (κ1) is 18.8. The number of allylic oxidation sites excluding steroid dienone is 2. The fourth-order valence-electron chi connectivity index (χ4n) is 2.95. The van der Waals surface area contributed by atoms with Gasteiger partial charge in [-0.2, -0.15) is 0 Å². The van der Waals surface area contributed by atoms with Crippen molar-refractivity contribution in [1.82, 2.24) is 0 Å². The molecule has 0 aliphatic carbocycles. The SMILES string of the molecule is C=C(CCC)C1=CCB(O)OC1CC/C(C)=C/c1ccc(CO)o1. The lowest BCUT2D eigenvalue weighted by atomic mass is 9.77. The maximum atomic E-state index is 9.79. The molecule has 5 heteroatoms. The van der Waals surface area contributed by atoms with Crippen LogP contribution in [0.4, 0.5) is 0 Å². The number of rotatable bonds is 8. The van der Waals surface area contributed by atoms with Crippen LogP contribution in [0.1, 0.15) is 51.1 Å². The molecule has 0 bridgehead atoms. The Hall–Kier alpha value is -1.56. The van der Waals surface area contributed by atoms with Gasteiger partial charge in [-0.1, -0.05) is 31.6 Å². The van der Waals surface area contributed by atoms with Gasteiger partial charge in [-0.05, 0) is 55.5 Å². The molecular formula is C19H27BO4. The Bertz CT molecular complexity index is 615. The average Bonchev–Trinajstić information content (AvgIpc) is 3.00. The van der Waals surface area contributed by atoms with Crippen molar-refractivity contribution < 1.29 is 19.2 Å². The fraction of sp³-hybridized carbons (Fsp3) is 0.474. The number of aliphatic hydroxyl groups is 1. The van der Waals surface area contributed by atoms with Crippen molar-refractivity contribution in [2.24, 2.45) is 0 Å². The Morgan fingerprint density at radius 3 is 2.88 bits per heavy atom. The van der Waals surface area contributed by atoms with Crippen LogP contribution in [-0.4, -0.2) is 23.4 Å². The highest BCUT2D eigenvalue weighted by Crippen LogP contribution is 2.29. The number of hydrogen-bond acceptors (Lipinski definition) is 4. The van der Waals surface area contributed by atoms with Gasteiger partial charge in [-0.15, -0.1) is 0 Å². The van der Waals surface area contributed by atoms with Crippen LogP contribution in [0.5, 0.6) is 0 Å². The van der Waals surface area contributed by atoms with E-state index >= 15 is 0 Å².